The van der Waals surface area contributed by atoms with Gasteiger partial charge in [0.2, 0.25) is 0 Å². The molecule has 1 rings (SSSR count). The van der Waals surface area contributed by atoms with E-state index in [1.807, 2.05) is 7.05 Å². The number of hydrogen-bond donors (Lipinski definition) is 1. The lowest BCUT2D eigenvalue weighted by atomic mass is 10.0. The van der Waals surface area contributed by atoms with Crippen molar-refractivity contribution in [2.24, 2.45) is 5.92 Å². The van der Waals surface area contributed by atoms with Crippen LogP contribution in [-0.2, 0) is 19.0 Å². The van der Waals surface area contributed by atoms with Crippen molar-refractivity contribution in [2.75, 3.05) is 40.1 Å². The minimum atomic E-state index is -0.194. The molecule has 0 spiro atoms. The number of esters is 1. The van der Waals surface area contributed by atoms with E-state index < -0.39 is 0 Å². The van der Waals surface area contributed by atoms with Gasteiger partial charge in [-0.25, -0.2) is 0 Å². The van der Waals surface area contributed by atoms with Gasteiger partial charge in [0.1, 0.15) is 6.61 Å². The zero-order chi connectivity index (χ0) is 12.5. The van der Waals surface area contributed by atoms with Gasteiger partial charge >= 0.3 is 5.97 Å². The van der Waals surface area contributed by atoms with Gasteiger partial charge in [-0.1, -0.05) is 13.3 Å². The molecule has 1 fully saturated rings. The summed E-state index contributed by atoms with van der Waals surface area (Å²) >= 11 is 0. The Morgan fingerprint density at radius 3 is 2.88 bits per heavy atom. The Morgan fingerprint density at radius 2 is 2.18 bits per heavy atom. The largest absolute Gasteiger partial charge is 0.463 e. The molecule has 0 aromatic rings. The van der Waals surface area contributed by atoms with Gasteiger partial charge < -0.3 is 19.5 Å². The Hall–Kier alpha value is -0.650. The van der Waals surface area contributed by atoms with Crippen LogP contribution in [0.2, 0.25) is 0 Å². The van der Waals surface area contributed by atoms with Gasteiger partial charge in [-0.2, -0.15) is 0 Å². The molecule has 0 aliphatic carbocycles. The van der Waals surface area contributed by atoms with Crippen molar-refractivity contribution in [2.45, 2.75) is 25.8 Å². The quantitative estimate of drug-likeness (QED) is 0.501. The molecule has 1 saturated heterocycles. The molecule has 0 aromatic heterocycles. The first kappa shape index (κ1) is 14.4. The van der Waals surface area contributed by atoms with Gasteiger partial charge in [0.05, 0.1) is 25.7 Å². The minimum Gasteiger partial charge on any atom is -0.463 e. The van der Waals surface area contributed by atoms with Crippen LogP contribution in [-0.4, -0.2) is 52.1 Å². The van der Waals surface area contributed by atoms with Gasteiger partial charge in [0.15, 0.2) is 0 Å². The van der Waals surface area contributed by atoms with Gasteiger partial charge in [-0.15, -0.1) is 0 Å². The van der Waals surface area contributed by atoms with Gasteiger partial charge in [-0.05, 0) is 13.5 Å². The summed E-state index contributed by atoms with van der Waals surface area (Å²) in [7, 11) is 1.83. The molecule has 1 aliphatic heterocycles. The van der Waals surface area contributed by atoms with E-state index in [0.717, 1.165) is 19.4 Å². The van der Waals surface area contributed by atoms with Crippen molar-refractivity contribution in [3.8, 4) is 0 Å². The molecular formula is C12H23NO4. The maximum atomic E-state index is 11.7. The molecule has 1 N–H and O–H groups in total. The van der Waals surface area contributed by atoms with Crippen LogP contribution in [0.1, 0.15) is 19.8 Å². The number of rotatable bonds is 8. The first-order valence-corrected chi connectivity index (χ1v) is 6.29. The molecule has 5 nitrogen and oxygen atoms in total. The van der Waals surface area contributed by atoms with Crippen LogP contribution in [0.25, 0.3) is 0 Å². The van der Waals surface area contributed by atoms with E-state index in [-0.39, 0.29) is 17.9 Å². The summed E-state index contributed by atoms with van der Waals surface area (Å²) in [6, 6.07) is 0.0727. The predicted octanol–water partition coefficient (Wildman–Crippen LogP) is 0.581. The second-order valence-corrected chi connectivity index (χ2v) is 4.17. The normalized spacial score (nSPS) is 23.9. The molecule has 0 aromatic carbocycles. The summed E-state index contributed by atoms with van der Waals surface area (Å²) < 4.78 is 15.7. The molecule has 0 saturated carbocycles. The second kappa shape index (κ2) is 8.44. The highest BCUT2D eigenvalue weighted by Crippen LogP contribution is 2.14. The highest BCUT2D eigenvalue weighted by Gasteiger charge is 2.34. The van der Waals surface area contributed by atoms with Gasteiger partial charge in [0.25, 0.3) is 0 Å². The second-order valence-electron chi connectivity index (χ2n) is 4.17. The molecule has 2 atom stereocenters. The maximum Gasteiger partial charge on any atom is 0.313 e. The van der Waals surface area contributed by atoms with Crippen LogP contribution in [0, 0.1) is 5.92 Å². The SMILES string of the molecule is CCCCOCCOC(=O)C1COCC1NC. The Labute approximate surface area is 103 Å². The highest BCUT2D eigenvalue weighted by atomic mass is 16.6. The Balaban J connectivity index is 2.08. The highest BCUT2D eigenvalue weighted by molar-refractivity contribution is 5.73. The summed E-state index contributed by atoms with van der Waals surface area (Å²) in [5, 5.41) is 3.06. The number of ether oxygens (including phenoxy) is 3. The molecule has 0 radical (unpaired) electrons. The number of carbonyl (C=O) groups is 1. The molecule has 0 amide bonds. The van der Waals surface area contributed by atoms with E-state index in [2.05, 4.69) is 12.2 Å². The van der Waals surface area contributed by atoms with Crippen molar-refractivity contribution in [3.05, 3.63) is 0 Å². The fraction of sp³-hybridized carbons (Fsp3) is 0.917. The van der Waals surface area contributed by atoms with E-state index in [4.69, 9.17) is 14.2 Å². The first-order valence-electron chi connectivity index (χ1n) is 6.29. The fourth-order valence-electron chi connectivity index (χ4n) is 1.73. The Kier molecular flexibility index (Phi) is 7.16. The van der Waals surface area contributed by atoms with Crippen LogP contribution < -0.4 is 5.32 Å². The lowest BCUT2D eigenvalue weighted by Gasteiger charge is -2.15. The standard InChI is InChI=1S/C12H23NO4/c1-3-4-5-15-6-7-17-12(14)10-8-16-9-11(10)13-2/h10-11,13H,3-9H2,1-2H3. The molecule has 5 heteroatoms. The molecule has 0 bridgehead atoms. The molecule has 17 heavy (non-hydrogen) atoms. The third-order valence-corrected chi connectivity index (χ3v) is 2.87. The Morgan fingerprint density at radius 1 is 1.35 bits per heavy atom. The van der Waals surface area contributed by atoms with E-state index in [1.54, 1.807) is 0 Å². The maximum absolute atomic E-state index is 11.7. The third kappa shape index (κ3) is 5.02. The first-order chi connectivity index (χ1) is 8.29. The van der Waals surface area contributed by atoms with Crippen molar-refractivity contribution in [3.63, 3.8) is 0 Å². The van der Waals surface area contributed by atoms with Crippen molar-refractivity contribution in [1.82, 2.24) is 5.32 Å². The van der Waals surface area contributed by atoms with E-state index in [1.165, 1.54) is 0 Å². The zero-order valence-electron chi connectivity index (χ0n) is 10.7. The summed E-state index contributed by atoms with van der Waals surface area (Å²) in [6.07, 6.45) is 2.16. The van der Waals surface area contributed by atoms with Crippen molar-refractivity contribution in [1.29, 1.82) is 0 Å². The van der Waals surface area contributed by atoms with Gasteiger partial charge in [0, 0.05) is 12.6 Å². The van der Waals surface area contributed by atoms with E-state index >= 15 is 0 Å². The lowest BCUT2D eigenvalue weighted by molar-refractivity contribution is -0.150. The molecular weight excluding hydrogens is 222 g/mol. The number of unbranched alkanes of at least 4 members (excludes halogenated alkanes) is 1. The number of nitrogens with one attached hydrogen (secondary N) is 1. The number of carbonyl (C=O) groups excluding carboxylic acids is 1. The monoisotopic (exact) mass is 245 g/mol. The molecule has 1 heterocycles. The Bertz CT molecular complexity index is 223. The minimum absolute atomic E-state index is 0.0727. The van der Waals surface area contributed by atoms with Crippen molar-refractivity contribution >= 4 is 5.97 Å². The predicted molar refractivity (Wildman–Crippen MR) is 63.8 cm³/mol. The lowest BCUT2D eigenvalue weighted by Crippen LogP contribution is -2.38. The fourth-order valence-corrected chi connectivity index (χ4v) is 1.73. The average molecular weight is 245 g/mol. The molecule has 2 unspecified atom stereocenters. The summed E-state index contributed by atoms with van der Waals surface area (Å²) in [5.41, 5.74) is 0. The molecule has 1 aliphatic rings. The summed E-state index contributed by atoms with van der Waals surface area (Å²) in [5.74, 6) is -0.378. The summed E-state index contributed by atoms with van der Waals surface area (Å²) in [6.45, 7) is 4.67. The topological polar surface area (TPSA) is 56.8 Å². The van der Waals surface area contributed by atoms with Crippen LogP contribution in [0.3, 0.4) is 0 Å². The van der Waals surface area contributed by atoms with Crippen LogP contribution >= 0.6 is 0 Å². The number of likely N-dealkylation sites (N-methyl/N-ethyl adjacent to an activating group) is 1. The van der Waals surface area contributed by atoms with E-state index in [9.17, 15) is 4.79 Å². The average Bonchev–Trinajstić information content (AvgIpc) is 2.81. The van der Waals surface area contributed by atoms with E-state index in [0.29, 0.717) is 26.4 Å². The third-order valence-electron chi connectivity index (χ3n) is 2.87. The smallest absolute Gasteiger partial charge is 0.313 e. The molecule has 100 valence electrons. The number of hydrogen-bond acceptors (Lipinski definition) is 5. The van der Waals surface area contributed by atoms with Crippen LogP contribution in [0.4, 0.5) is 0 Å². The summed E-state index contributed by atoms with van der Waals surface area (Å²) in [4.78, 5) is 11.7. The van der Waals surface area contributed by atoms with Gasteiger partial charge in [-0.3, -0.25) is 4.79 Å². The van der Waals surface area contributed by atoms with Crippen LogP contribution in [0.15, 0.2) is 0 Å². The van der Waals surface area contributed by atoms with Crippen LogP contribution in [0.5, 0.6) is 0 Å². The van der Waals surface area contributed by atoms with Crippen molar-refractivity contribution < 1.29 is 19.0 Å². The zero-order valence-corrected chi connectivity index (χ0v) is 10.7.